The third-order valence-electron chi connectivity index (χ3n) is 12.2. The second kappa shape index (κ2) is 19.0. The minimum absolute atomic E-state index is 0.787. The van der Waals surface area contributed by atoms with Crippen molar-refractivity contribution >= 4 is 73.7 Å². The van der Waals surface area contributed by atoms with E-state index in [1.807, 2.05) is 0 Å². The lowest BCUT2D eigenvalue weighted by Gasteiger charge is -2.27. The smallest absolute Gasteiger partial charge is 0.104 e. The summed E-state index contributed by atoms with van der Waals surface area (Å²) >= 11 is 1.80. The molecule has 10 aromatic rings. The van der Waals surface area contributed by atoms with E-state index >= 15 is 0 Å². The zero-order chi connectivity index (χ0) is 44.8. The molecule has 0 saturated heterocycles. The van der Waals surface area contributed by atoms with Crippen molar-refractivity contribution < 1.29 is 0 Å². The summed E-state index contributed by atoms with van der Waals surface area (Å²) in [5, 5.41) is 1.01. The van der Waals surface area contributed by atoms with Crippen LogP contribution in [-0.2, 0) is 5.75 Å². The second-order valence-corrected chi connectivity index (χ2v) is 17.3. The van der Waals surface area contributed by atoms with Gasteiger partial charge >= 0.3 is 0 Å². The molecule has 67 heavy (non-hydrogen) atoms. The van der Waals surface area contributed by atoms with Gasteiger partial charge in [0.05, 0.1) is 5.69 Å². The van der Waals surface area contributed by atoms with E-state index in [1.165, 1.54) is 11.1 Å². The molecule has 1 aliphatic heterocycles. The van der Waals surface area contributed by atoms with Gasteiger partial charge in [-0.05, 0) is 131 Å². The molecule has 0 radical (unpaired) electrons. The van der Waals surface area contributed by atoms with Crippen molar-refractivity contribution in [1.29, 1.82) is 0 Å². The van der Waals surface area contributed by atoms with E-state index < -0.39 is 0 Å². The first-order valence-electron chi connectivity index (χ1n) is 22.6. The largest absolute Gasteiger partial charge is 0.311 e. The fourth-order valence-electron chi connectivity index (χ4n) is 8.97. The molecular formula is C62H46N4S. The van der Waals surface area contributed by atoms with Crippen LogP contribution in [0.25, 0.3) is 22.3 Å². The average Bonchev–Trinajstić information content (AvgIpc) is 3.41. The molecule has 10 aromatic carbocycles. The van der Waals surface area contributed by atoms with Gasteiger partial charge in [0.2, 0.25) is 0 Å². The van der Waals surface area contributed by atoms with Crippen molar-refractivity contribution in [1.82, 2.24) is 0 Å². The molecule has 0 unspecified atom stereocenters. The third kappa shape index (κ3) is 8.64. The average molecular weight is 879 g/mol. The fraction of sp³-hybridized carbons (Fsp3) is 0.0161. The topological polar surface area (TPSA) is 22.1 Å². The van der Waals surface area contributed by atoms with E-state index in [-0.39, 0.29) is 0 Å². The van der Waals surface area contributed by atoms with E-state index in [1.54, 1.807) is 11.8 Å². The van der Waals surface area contributed by atoms with Crippen LogP contribution in [-0.4, -0.2) is 5.04 Å². The van der Waals surface area contributed by atoms with E-state index in [0.29, 0.717) is 0 Å². The number of rotatable bonds is 12. The predicted molar refractivity (Wildman–Crippen MR) is 285 cm³/mol. The summed E-state index contributed by atoms with van der Waals surface area (Å²) < 4.78 is 0. The standard InChI is InChI=1S/C62H46N4S/c1-7-19-49(20-8-1)64(50-21-9-2-10-22-50)55-37-31-46(32-38-55)58-43-44-59(47-33-39-56(40-34-47)65(51-23-11-3-12-24-51)52-25-13-4-14-26-52)61-60(58)45-67-62(63-61)48-35-41-57(42-36-48)66(53-27-15-5-16-28-53)54-29-17-6-18-30-54/h1-44H,45H2. The number of hydrogen-bond donors (Lipinski definition) is 0. The van der Waals surface area contributed by atoms with E-state index in [0.717, 1.165) is 89.9 Å². The van der Waals surface area contributed by atoms with Gasteiger partial charge in [0.1, 0.15) is 5.04 Å². The van der Waals surface area contributed by atoms with Crippen LogP contribution in [0, 0.1) is 0 Å². The zero-order valence-corrected chi connectivity index (χ0v) is 37.6. The molecule has 0 saturated carbocycles. The van der Waals surface area contributed by atoms with Crippen molar-refractivity contribution in [3.63, 3.8) is 0 Å². The molecule has 0 atom stereocenters. The molecule has 0 fully saturated rings. The Kier molecular flexibility index (Phi) is 11.7. The van der Waals surface area contributed by atoms with Crippen LogP contribution < -0.4 is 14.7 Å². The highest BCUT2D eigenvalue weighted by Crippen LogP contribution is 2.47. The van der Waals surface area contributed by atoms with Crippen LogP contribution >= 0.6 is 11.8 Å². The van der Waals surface area contributed by atoms with E-state index in [2.05, 4.69) is 282 Å². The van der Waals surface area contributed by atoms with E-state index in [4.69, 9.17) is 4.99 Å². The quantitative estimate of drug-likeness (QED) is 0.122. The van der Waals surface area contributed by atoms with Crippen molar-refractivity contribution in [2.45, 2.75) is 5.75 Å². The third-order valence-corrected chi connectivity index (χ3v) is 13.2. The number of hydrogen-bond acceptors (Lipinski definition) is 5. The number of thioether (sulfide) groups is 1. The monoisotopic (exact) mass is 878 g/mol. The lowest BCUT2D eigenvalue weighted by Crippen LogP contribution is -2.10. The molecule has 0 N–H and O–H groups in total. The molecule has 0 spiro atoms. The molecule has 1 heterocycles. The number of fused-ring (bicyclic) bond motifs is 1. The number of anilines is 9. The Hall–Kier alpha value is -8.38. The maximum atomic E-state index is 5.59. The first kappa shape index (κ1) is 41.3. The van der Waals surface area contributed by atoms with Gasteiger partial charge in [-0.25, -0.2) is 4.99 Å². The number of nitrogens with zero attached hydrogens (tertiary/aromatic N) is 4. The van der Waals surface area contributed by atoms with Crippen LogP contribution in [0.3, 0.4) is 0 Å². The Labute approximate surface area is 397 Å². The van der Waals surface area contributed by atoms with Crippen LogP contribution in [0.4, 0.5) is 56.9 Å². The van der Waals surface area contributed by atoms with Crippen molar-refractivity contribution in [2.75, 3.05) is 14.7 Å². The molecule has 0 bridgehead atoms. The maximum Gasteiger partial charge on any atom is 0.104 e. The summed E-state index contributed by atoms with van der Waals surface area (Å²) in [5.74, 6) is 0.787. The highest BCUT2D eigenvalue weighted by Gasteiger charge is 2.24. The van der Waals surface area contributed by atoms with Gasteiger partial charge in [0.15, 0.2) is 0 Å². The minimum atomic E-state index is 0.787. The lowest BCUT2D eigenvalue weighted by molar-refractivity contribution is 1.28. The SMILES string of the molecule is c1ccc(N(c2ccccc2)c2ccc(C3=Nc4c(-c5ccc(N(c6ccccc6)c6ccccc6)cc5)ccc(-c5ccc(N(c6ccccc6)c6ccccc6)cc5)c4CS3)cc2)cc1. The summed E-state index contributed by atoms with van der Waals surface area (Å²) in [5.41, 5.74) is 17.9. The first-order chi connectivity index (χ1) is 33.2. The summed E-state index contributed by atoms with van der Waals surface area (Å²) in [7, 11) is 0. The number of aliphatic imine (C=N–C) groups is 1. The normalized spacial score (nSPS) is 11.9. The van der Waals surface area contributed by atoms with E-state index in [9.17, 15) is 0 Å². The van der Waals surface area contributed by atoms with Gasteiger partial charge in [0.25, 0.3) is 0 Å². The summed E-state index contributed by atoms with van der Waals surface area (Å²) in [6, 6.07) is 94.7. The molecule has 0 amide bonds. The summed E-state index contributed by atoms with van der Waals surface area (Å²) in [6.07, 6.45) is 0. The Morgan fingerprint density at radius 1 is 0.269 bits per heavy atom. The highest BCUT2D eigenvalue weighted by molar-refractivity contribution is 8.13. The number of benzene rings is 10. The van der Waals surface area contributed by atoms with Gasteiger partial charge in [-0.1, -0.05) is 158 Å². The van der Waals surface area contributed by atoms with Gasteiger partial charge in [-0.3, -0.25) is 0 Å². The van der Waals surface area contributed by atoms with Crippen LogP contribution in [0.5, 0.6) is 0 Å². The minimum Gasteiger partial charge on any atom is -0.311 e. The molecule has 4 nitrogen and oxygen atoms in total. The predicted octanol–water partition coefficient (Wildman–Crippen LogP) is 17.8. The van der Waals surface area contributed by atoms with Crippen molar-refractivity contribution in [3.8, 4) is 22.3 Å². The van der Waals surface area contributed by atoms with Crippen LogP contribution in [0.15, 0.2) is 272 Å². The Morgan fingerprint density at radius 3 is 0.866 bits per heavy atom. The lowest BCUT2D eigenvalue weighted by atomic mass is 9.92. The fourth-order valence-corrected chi connectivity index (χ4v) is 10.0. The molecule has 0 aliphatic carbocycles. The van der Waals surface area contributed by atoms with Gasteiger partial charge in [0, 0.05) is 68.1 Å². The Morgan fingerprint density at radius 2 is 0.537 bits per heavy atom. The summed E-state index contributed by atoms with van der Waals surface area (Å²) in [4.78, 5) is 12.5. The van der Waals surface area contributed by atoms with Crippen LogP contribution in [0.1, 0.15) is 11.1 Å². The molecule has 1 aliphatic rings. The Balaban J connectivity index is 0.990. The van der Waals surface area contributed by atoms with Gasteiger partial charge < -0.3 is 14.7 Å². The second-order valence-electron chi connectivity index (χ2n) is 16.4. The van der Waals surface area contributed by atoms with Gasteiger partial charge in [-0.2, -0.15) is 0 Å². The van der Waals surface area contributed by atoms with Crippen LogP contribution in [0.2, 0.25) is 0 Å². The molecule has 11 rings (SSSR count). The maximum absolute atomic E-state index is 5.59. The zero-order valence-electron chi connectivity index (χ0n) is 36.8. The van der Waals surface area contributed by atoms with Crippen molar-refractivity contribution in [3.05, 3.63) is 278 Å². The first-order valence-corrected chi connectivity index (χ1v) is 23.6. The van der Waals surface area contributed by atoms with Crippen molar-refractivity contribution in [2.24, 2.45) is 4.99 Å². The summed E-state index contributed by atoms with van der Waals surface area (Å²) in [6.45, 7) is 0. The van der Waals surface area contributed by atoms with Gasteiger partial charge in [-0.15, -0.1) is 11.8 Å². The molecule has 5 heteroatoms. The highest BCUT2D eigenvalue weighted by atomic mass is 32.2. The molecular weight excluding hydrogens is 833 g/mol. The molecule has 320 valence electrons. The molecule has 0 aromatic heterocycles. The number of para-hydroxylation sites is 6. The Bertz CT molecular complexity index is 3120.